The molecule has 64 valence electrons. The number of hydrogen-bond donors (Lipinski definition) is 0. The minimum atomic E-state index is 0. The highest BCUT2D eigenvalue weighted by Crippen LogP contribution is 2.13. The van der Waals surface area contributed by atoms with Gasteiger partial charge in [0.25, 0.3) is 0 Å². The Hall–Kier alpha value is -1.07. The molecule has 0 aliphatic carbocycles. The van der Waals surface area contributed by atoms with Crippen molar-refractivity contribution in [2.45, 2.75) is 19.8 Å². The average molecular weight is 183 g/mol. The Morgan fingerprint density at radius 1 is 1.25 bits per heavy atom. The SMILES string of the molecule is CCCc1ccc([N+]#N)cc1.[Cl-]. The molecule has 0 aromatic heterocycles. The molecule has 2 nitrogen and oxygen atoms in total. The van der Waals surface area contributed by atoms with Gasteiger partial charge in [-0.25, -0.2) is 0 Å². The highest BCUT2D eigenvalue weighted by molar-refractivity contribution is 5.44. The van der Waals surface area contributed by atoms with E-state index in [1.54, 1.807) is 0 Å². The molecular formula is C9H11ClN2. The van der Waals surface area contributed by atoms with Crippen molar-refractivity contribution in [3.05, 3.63) is 34.8 Å². The quantitative estimate of drug-likeness (QED) is 0.598. The van der Waals surface area contributed by atoms with Gasteiger partial charge in [-0.15, -0.1) is 0 Å². The van der Waals surface area contributed by atoms with Gasteiger partial charge in [0.05, 0.1) is 0 Å². The summed E-state index contributed by atoms with van der Waals surface area (Å²) in [7, 11) is 0. The van der Waals surface area contributed by atoms with Crippen LogP contribution in [0.1, 0.15) is 18.9 Å². The molecular weight excluding hydrogens is 172 g/mol. The maximum absolute atomic E-state index is 8.38. The van der Waals surface area contributed by atoms with Crippen LogP contribution in [0.4, 0.5) is 5.69 Å². The van der Waals surface area contributed by atoms with Crippen molar-refractivity contribution < 1.29 is 12.4 Å². The first-order chi connectivity index (χ1) is 5.36. The fraction of sp³-hybridized carbons (Fsp3) is 0.333. The van der Waals surface area contributed by atoms with E-state index >= 15 is 0 Å². The second-order valence-corrected chi connectivity index (χ2v) is 2.52. The standard InChI is InChI=1S/C9H11N2.ClH/c1-2-3-8-4-6-9(11-10)7-5-8;/h4-7H,2-3H2,1H3;1H/q+1;/p-1. The summed E-state index contributed by atoms with van der Waals surface area (Å²) in [6.45, 7) is 2.14. The Morgan fingerprint density at radius 3 is 2.25 bits per heavy atom. The molecule has 0 saturated carbocycles. The van der Waals surface area contributed by atoms with E-state index in [0.29, 0.717) is 5.69 Å². The summed E-state index contributed by atoms with van der Waals surface area (Å²) in [6.07, 6.45) is 2.24. The van der Waals surface area contributed by atoms with Gasteiger partial charge < -0.3 is 12.4 Å². The lowest BCUT2D eigenvalue weighted by molar-refractivity contribution is -0.00000257. The highest BCUT2D eigenvalue weighted by Gasteiger charge is 2.00. The molecule has 0 amide bonds. The van der Waals surface area contributed by atoms with Crippen LogP contribution in [0.2, 0.25) is 0 Å². The number of diazo groups is 1. The van der Waals surface area contributed by atoms with Crippen molar-refractivity contribution in [2.75, 3.05) is 0 Å². The maximum atomic E-state index is 8.38. The molecule has 3 heteroatoms. The number of aryl methyl sites for hydroxylation is 1. The van der Waals surface area contributed by atoms with E-state index in [1.807, 2.05) is 24.3 Å². The topological polar surface area (TPSA) is 28.1 Å². The van der Waals surface area contributed by atoms with Crippen LogP contribution >= 0.6 is 0 Å². The van der Waals surface area contributed by atoms with E-state index in [4.69, 9.17) is 5.39 Å². The van der Waals surface area contributed by atoms with Gasteiger partial charge in [-0.2, -0.15) is 0 Å². The molecule has 0 atom stereocenters. The Labute approximate surface area is 78.6 Å². The number of benzene rings is 1. The third-order valence-electron chi connectivity index (χ3n) is 1.59. The second-order valence-electron chi connectivity index (χ2n) is 2.52. The molecule has 0 radical (unpaired) electrons. The molecule has 1 rings (SSSR count). The van der Waals surface area contributed by atoms with Gasteiger partial charge in [0, 0.05) is 12.1 Å². The molecule has 0 aliphatic heterocycles. The van der Waals surface area contributed by atoms with Crippen LogP contribution in [0, 0.1) is 5.39 Å². The van der Waals surface area contributed by atoms with Crippen LogP contribution in [0.15, 0.2) is 24.3 Å². The summed E-state index contributed by atoms with van der Waals surface area (Å²) >= 11 is 0. The Morgan fingerprint density at radius 2 is 1.83 bits per heavy atom. The summed E-state index contributed by atoms with van der Waals surface area (Å²) in [4.78, 5) is 3.07. The normalized spacial score (nSPS) is 8.33. The molecule has 0 aliphatic rings. The van der Waals surface area contributed by atoms with Crippen LogP contribution in [0.5, 0.6) is 0 Å². The van der Waals surface area contributed by atoms with E-state index in [1.165, 1.54) is 5.56 Å². The predicted octanol–water partition coefficient (Wildman–Crippen LogP) is 0.128. The Balaban J connectivity index is 0.00000121. The lowest BCUT2D eigenvalue weighted by atomic mass is 10.1. The fourth-order valence-electron chi connectivity index (χ4n) is 1.02. The fourth-order valence-corrected chi connectivity index (χ4v) is 1.02. The first-order valence-electron chi connectivity index (χ1n) is 3.81. The van der Waals surface area contributed by atoms with Crippen molar-refractivity contribution in [2.24, 2.45) is 0 Å². The molecule has 0 unspecified atom stereocenters. The van der Waals surface area contributed by atoms with Gasteiger partial charge in [-0.3, -0.25) is 0 Å². The minimum absolute atomic E-state index is 0. The summed E-state index contributed by atoms with van der Waals surface area (Å²) in [5.74, 6) is 0. The minimum Gasteiger partial charge on any atom is -1.00 e. The predicted molar refractivity (Wildman–Crippen MR) is 45.2 cm³/mol. The lowest BCUT2D eigenvalue weighted by Gasteiger charge is -1.92. The van der Waals surface area contributed by atoms with Crippen molar-refractivity contribution in [1.29, 1.82) is 5.39 Å². The molecule has 1 aromatic carbocycles. The second kappa shape index (κ2) is 5.56. The molecule has 0 spiro atoms. The van der Waals surface area contributed by atoms with Gasteiger partial charge in [-0.05, 0) is 12.0 Å². The molecule has 0 saturated heterocycles. The number of rotatable bonds is 2. The van der Waals surface area contributed by atoms with E-state index in [0.717, 1.165) is 12.8 Å². The zero-order chi connectivity index (χ0) is 8.10. The molecule has 0 heterocycles. The molecule has 0 fully saturated rings. The summed E-state index contributed by atoms with van der Waals surface area (Å²) in [5.41, 5.74) is 1.91. The third-order valence-corrected chi connectivity index (χ3v) is 1.59. The van der Waals surface area contributed by atoms with Crippen LogP contribution in [-0.2, 0) is 6.42 Å². The van der Waals surface area contributed by atoms with Crippen LogP contribution in [-0.4, -0.2) is 0 Å². The number of nitrogens with zero attached hydrogens (tertiary/aromatic N) is 2. The van der Waals surface area contributed by atoms with Crippen molar-refractivity contribution in [3.63, 3.8) is 0 Å². The Bertz CT molecular complexity index is 261. The van der Waals surface area contributed by atoms with E-state index in [2.05, 4.69) is 11.9 Å². The number of hydrogen-bond acceptors (Lipinski definition) is 1. The van der Waals surface area contributed by atoms with Gasteiger partial charge >= 0.3 is 5.69 Å². The third kappa shape index (κ3) is 2.89. The van der Waals surface area contributed by atoms with E-state index < -0.39 is 0 Å². The zero-order valence-corrected chi connectivity index (χ0v) is 7.75. The monoisotopic (exact) mass is 182 g/mol. The first-order valence-corrected chi connectivity index (χ1v) is 3.81. The molecule has 1 aromatic rings. The van der Waals surface area contributed by atoms with Crippen LogP contribution < -0.4 is 12.4 Å². The lowest BCUT2D eigenvalue weighted by Crippen LogP contribution is -3.00. The van der Waals surface area contributed by atoms with Crippen molar-refractivity contribution >= 4 is 5.69 Å². The maximum Gasteiger partial charge on any atom is 0.385 e. The van der Waals surface area contributed by atoms with Gasteiger partial charge in [0.15, 0.2) is 4.98 Å². The molecule has 0 bridgehead atoms. The molecule has 12 heavy (non-hydrogen) atoms. The summed E-state index contributed by atoms with van der Waals surface area (Å²) in [5, 5.41) is 8.38. The largest absolute Gasteiger partial charge is 1.00 e. The highest BCUT2D eigenvalue weighted by atomic mass is 35.5. The van der Waals surface area contributed by atoms with Gasteiger partial charge in [-0.1, -0.05) is 25.5 Å². The average Bonchev–Trinajstić information content (AvgIpc) is 2.07. The Kier molecular flexibility index (Phi) is 5.07. The summed E-state index contributed by atoms with van der Waals surface area (Å²) in [6, 6.07) is 7.59. The van der Waals surface area contributed by atoms with E-state index in [9.17, 15) is 0 Å². The van der Waals surface area contributed by atoms with Crippen LogP contribution in [0.3, 0.4) is 0 Å². The first kappa shape index (κ1) is 10.9. The zero-order valence-electron chi connectivity index (χ0n) is 7.00. The smallest absolute Gasteiger partial charge is 0.385 e. The number of halogens is 1. The van der Waals surface area contributed by atoms with E-state index in [-0.39, 0.29) is 12.4 Å². The van der Waals surface area contributed by atoms with Crippen molar-refractivity contribution in [3.8, 4) is 0 Å². The van der Waals surface area contributed by atoms with Gasteiger partial charge in [0.2, 0.25) is 5.39 Å². The molecule has 0 N–H and O–H groups in total. The van der Waals surface area contributed by atoms with Crippen LogP contribution in [0.25, 0.3) is 4.98 Å². The van der Waals surface area contributed by atoms with Gasteiger partial charge in [0.1, 0.15) is 0 Å². The van der Waals surface area contributed by atoms with Crippen molar-refractivity contribution in [1.82, 2.24) is 0 Å². The summed E-state index contributed by atoms with van der Waals surface area (Å²) < 4.78 is 0.